The largest absolute Gasteiger partial charge is 0.497 e. The van der Waals surface area contributed by atoms with Gasteiger partial charge in [0.05, 0.1) is 12.8 Å². The van der Waals surface area contributed by atoms with E-state index in [9.17, 15) is 8.42 Å². The van der Waals surface area contributed by atoms with Crippen molar-refractivity contribution < 1.29 is 17.9 Å². The highest BCUT2D eigenvalue weighted by Crippen LogP contribution is 2.37. The summed E-state index contributed by atoms with van der Waals surface area (Å²) in [5.74, 6) is 1.30. The molecule has 6 nitrogen and oxygen atoms in total. The van der Waals surface area contributed by atoms with Crippen molar-refractivity contribution in [3.05, 3.63) is 77.9 Å². The minimum Gasteiger partial charge on any atom is -0.497 e. The van der Waals surface area contributed by atoms with Crippen molar-refractivity contribution in [3.63, 3.8) is 0 Å². The van der Waals surface area contributed by atoms with E-state index in [4.69, 9.17) is 14.6 Å². The Labute approximate surface area is 165 Å². The second-order valence-electron chi connectivity index (χ2n) is 6.30. The molecule has 0 radical (unpaired) electrons. The van der Waals surface area contributed by atoms with Gasteiger partial charge in [0.15, 0.2) is 5.75 Å². The van der Waals surface area contributed by atoms with Crippen LogP contribution in [0.1, 0.15) is 11.1 Å². The maximum Gasteiger partial charge on any atom is 0.241 e. The lowest BCUT2D eigenvalue weighted by Crippen LogP contribution is -2.15. The molecule has 0 aliphatic rings. The van der Waals surface area contributed by atoms with Gasteiger partial charge in [-0.2, -0.15) is 0 Å². The highest BCUT2D eigenvalue weighted by Gasteiger charge is 2.21. The van der Waals surface area contributed by atoms with E-state index in [0.717, 1.165) is 11.1 Å². The van der Waals surface area contributed by atoms with Gasteiger partial charge < -0.3 is 14.8 Å². The average Bonchev–Trinajstić information content (AvgIpc) is 2.68. The zero-order chi connectivity index (χ0) is 20.1. The van der Waals surface area contributed by atoms with E-state index in [1.165, 1.54) is 6.07 Å². The van der Waals surface area contributed by atoms with E-state index < -0.39 is 10.0 Å². The summed E-state index contributed by atoms with van der Waals surface area (Å²) in [6.07, 6.45) is 0. The Balaban J connectivity index is 2.00. The van der Waals surface area contributed by atoms with E-state index in [1.54, 1.807) is 38.3 Å². The lowest BCUT2D eigenvalue weighted by Gasteiger charge is -2.17. The quantitative estimate of drug-likeness (QED) is 0.626. The molecule has 28 heavy (non-hydrogen) atoms. The van der Waals surface area contributed by atoms with Gasteiger partial charge in [0.25, 0.3) is 0 Å². The van der Waals surface area contributed by atoms with Gasteiger partial charge in [-0.1, -0.05) is 30.3 Å². The molecule has 3 aromatic rings. The lowest BCUT2D eigenvalue weighted by atomic mass is 10.2. The van der Waals surface area contributed by atoms with Crippen LogP contribution in [-0.2, 0) is 16.6 Å². The van der Waals surface area contributed by atoms with Gasteiger partial charge in [0.2, 0.25) is 10.0 Å². The molecule has 7 heteroatoms. The number of primary sulfonamides is 1. The van der Waals surface area contributed by atoms with E-state index in [0.29, 0.717) is 23.7 Å². The molecule has 0 aromatic heterocycles. The van der Waals surface area contributed by atoms with E-state index >= 15 is 0 Å². The van der Waals surface area contributed by atoms with E-state index in [1.807, 2.05) is 36.4 Å². The first kappa shape index (κ1) is 19.7. The zero-order valence-corrected chi connectivity index (χ0v) is 16.5. The third-order valence-electron chi connectivity index (χ3n) is 4.11. The zero-order valence-electron chi connectivity index (χ0n) is 15.7. The van der Waals surface area contributed by atoms with Crippen LogP contribution in [0.5, 0.6) is 17.2 Å². The predicted octanol–water partition coefficient (Wildman–Crippen LogP) is 4.06. The van der Waals surface area contributed by atoms with Crippen LogP contribution in [0, 0.1) is 6.92 Å². The molecule has 3 aromatic carbocycles. The number of nitrogens with one attached hydrogen (secondary N) is 1. The van der Waals surface area contributed by atoms with Crippen molar-refractivity contribution in [3.8, 4) is 17.2 Å². The van der Waals surface area contributed by atoms with Gasteiger partial charge >= 0.3 is 0 Å². The summed E-state index contributed by atoms with van der Waals surface area (Å²) in [7, 11) is -2.41. The fourth-order valence-corrected chi connectivity index (χ4v) is 3.50. The second kappa shape index (κ2) is 8.33. The first-order valence-electron chi connectivity index (χ1n) is 8.64. The molecule has 0 unspecified atom stereocenters. The van der Waals surface area contributed by atoms with Crippen molar-refractivity contribution in [2.75, 3.05) is 12.4 Å². The Kier molecular flexibility index (Phi) is 5.87. The molecule has 146 valence electrons. The van der Waals surface area contributed by atoms with Crippen LogP contribution in [0.4, 0.5) is 5.69 Å². The molecular weight excluding hydrogens is 376 g/mol. The third-order valence-corrected chi connectivity index (χ3v) is 5.03. The maximum atomic E-state index is 12.2. The van der Waals surface area contributed by atoms with Gasteiger partial charge in [-0.3, -0.25) is 0 Å². The van der Waals surface area contributed by atoms with Crippen molar-refractivity contribution in [2.45, 2.75) is 18.4 Å². The molecule has 0 aliphatic heterocycles. The van der Waals surface area contributed by atoms with Crippen LogP contribution < -0.4 is 19.9 Å². The van der Waals surface area contributed by atoms with Crippen LogP contribution in [0.2, 0.25) is 0 Å². The highest BCUT2D eigenvalue weighted by atomic mass is 32.2. The van der Waals surface area contributed by atoms with Gasteiger partial charge in [-0.15, -0.1) is 0 Å². The minimum atomic E-state index is -3.98. The smallest absolute Gasteiger partial charge is 0.241 e. The summed E-state index contributed by atoms with van der Waals surface area (Å²) >= 11 is 0. The average molecular weight is 398 g/mol. The van der Waals surface area contributed by atoms with Crippen molar-refractivity contribution in [2.24, 2.45) is 5.14 Å². The van der Waals surface area contributed by atoms with E-state index in [-0.39, 0.29) is 10.6 Å². The number of aryl methyl sites for hydroxylation is 1. The van der Waals surface area contributed by atoms with Crippen LogP contribution in [0.25, 0.3) is 0 Å². The van der Waals surface area contributed by atoms with Crippen molar-refractivity contribution in [1.29, 1.82) is 0 Å². The first-order valence-corrected chi connectivity index (χ1v) is 10.2. The molecule has 0 spiro atoms. The SMILES string of the molecule is COc1ccc(Oc2c(NCc3ccccc3)cc(C)cc2S(N)(=O)=O)cc1. The maximum absolute atomic E-state index is 12.2. The van der Waals surface area contributed by atoms with Gasteiger partial charge in [-0.25, -0.2) is 13.6 Å². The summed E-state index contributed by atoms with van der Waals surface area (Å²) in [5, 5.41) is 8.70. The highest BCUT2D eigenvalue weighted by molar-refractivity contribution is 7.89. The number of nitrogens with two attached hydrogens (primary N) is 1. The molecule has 0 amide bonds. The van der Waals surface area contributed by atoms with Crippen LogP contribution in [0.15, 0.2) is 71.6 Å². The number of benzene rings is 3. The van der Waals surface area contributed by atoms with Gasteiger partial charge in [0, 0.05) is 6.54 Å². The molecule has 0 bridgehead atoms. The number of rotatable bonds is 7. The monoisotopic (exact) mass is 398 g/mol. The summed E-state index contributed by atoms with van der Waals surface area (Å²) in [5.41, 5.74) is 2.35. The summed E-state index contributed by atoms with van der Waals surface area (Å²) in [4.78, 5) is -0.0705. The predicted molar refractivity (Wildman–Crippen MR) is 109 cm³/mol. The fraction of sp³-hybridized carbons (Fsp3) is 0.143. The number of sulfonamides is 1. The first-order chi connectivity index (χ1) is 13.4. The van der Waals surface area contributed by atoms with Gasteiger partial charge in [0.1, 0.15) is 16.4 Å². The lowest BCUT2D eigenvalue weighted by molar-refractivity contribution is 0.412. The molecule has 3 N–H and O–H groups in total. The topological polar surface area (TPSA) is 90.7 Å². The number of methoxy groups -OCH3 is 1. The van der Waals surface area contributed by atoms with Crippen molar-refractivity contribution >= 4 is 15.7 Å². The van der Waals surface area contributed by atoms with Crippen molar-refractivity contribution in [1.82, 2.24) is 0 Å². The standard InChI is InChI=1S/C21H22N2O4S/c1-15-12-19(23-14-16-6-4-3-5-7-16)21(20(13-15)28(22,24)25)27-18-10-8-17(26-2)9-11-18/h3-13,23H,14H2,1-2H3,(H2,22,24,25). The number of hydrogen-bond acceptors (Lipinski definition) is 5. The summed E-state index contributed by atoms with van der Waals surface area (Å²) in [6, 6.07) is 20.0. The summed E-state index contributed by atoms with van der Waals surface area (Å²) < 4.78 is 35.4. The second-order valence-corrected chi connectivity index (χ2v) is 7.83. The normalized spacial score (nSPS) is 11.1. The molecule has 0 saturated heterocycles. The number of hydrogen-bond donors (Lipinski definition) is 2. The molecule has 0 fully saturated rings. The molecule has 0 heterocycles. The molecule has 0 saturated carbocycles. The summed E-state index contributed by atoms with van der Waals surface area (Å²) in [6.45, 7) is 2.31. The molecule has 3 rings (SSSR count). The van der Waals surface area contributed by atoms with Crippen LogP contribution in [-0.4, -0.2) is 15.5 Å². The van der Waals surface area contributed by atoms with Crippen LogP contribution in [0.3, 0.4) is 0 Å². The number of ether oxygens (including phenoxy) is 2. The van der Waals surface area contributed by atoms with Crippen LogP contribution >= 0.6 is 0 Å². The Morgan fingerprint density at radius 2 is 1.61 bits per heavy atom. The molecular formula is C21H22N2O4S. The third kappa shape index (κ3) is 4.82. The molecule has 0 atom stereocenters. The Morgan fingerprint density at radius 1 is 0.964 bits per heavy atom. The molecule has 0 aliphatic carbocycles. The van der Waals surface area contributed by atoms with Gasteiger partial charge in [-0.05, 0) is 54.4 Å². The van der Waals surface area contributed by atoms with E-state index in [2.05, 4.69) is 5.32 Å². The Hall–Kier alpha value is -3.03. The minimum absolute atomic E-state index is 0.0705. The fourth-order valence-electron chi connectivity index (χ4n) is 2.74. The Bertz CT molecular complexity index is 1050. The number of anilines is 1. The Morgan fingerprint density at radius 3 is 2.21 bits per heavy atom.